The van der Waals surface area contributed by atoms with Crippen LogP contribution in [0, 0.1) is 6.92 Å². The van der Waals surface area contributed by atoms with Crippen LogP contribution in [0.25, 0.3) is 5.69 Å². The predicted octanol–water partition coefficient (Wildman–Crippen LogP) is 5.38. The van der Waals surface area contributed by atoms with Crippen LogP contribution in [-0.2, 0) is 10.2 Å². The lowest BCUT2D eigenvalue weighted by Crippen LogP contribution is -2.41. The van der Waals surface area contributed by atoms with Crippen molar-refractivity contribution in [3.8, 4) is 17.2 Å². The van der Waals surface area contributed by atoms with E-state index in [4.69, 9.17) is 14.6 Å². The number of carbonyl (C=O) groups is 2. The molecular weight excluding hydrogens is 470 g/mol. The smallest absolute Gasteiger partial charge is 0.322 e. The van der Waals surface area contributed by atoms with Crippen molar-refractivity contribution in [3.05, 3.63) is 59.8 Å². The Morgan fingerprint density at radius 2 is 1.70 bits per heavy atom. The number of methoxy groups -OCH3 is 2. The number of hydrogen-bond donors (Lipinski definition) is 2. The van der Waals surface area contributed by atoms with Crippen LogP contribution in [0.1, 0.15) is 45.4 Å². The molecule has 0 spiro atoms. The first-order valence-electron chi connectivity index (χ1n) is 12.3. The molecule has 0 aliphatic carbocycles. The molecular formula is C28H37N5O4. The molecule has 0 radical (unpaired) electrons. The van der Waals surface area contributed by atoms with Crippen molar-refractivity contribution in [2.24, 2.45) is 0 Å². The monoisotopic (exact) mass is 507 g/mol. The van der Waals surface area contributed by atoms with Crippen molar-refractivity contribution >= 4 is 23.4 Å². The topological polar surface area (TPSA) is 97.7 Å². The number of carbonyl (C=O) groups excluding carboxylic acids is 2. The van der Waals surface area contributed by atoms with Crippen LogP contribution >= 0.6 is 0 Å². The van der Waals surface area contributed by atoms with Crippen molar-refractivity contribution in [2.45, 2.75) is 46.5 Å². The van der Waals surface area contributed by atoms with Gasteiger partial charge in [0.1, 0.15) is 23.9 Å². The second-order valence-electron chi connectivity index (χ2n) is 9.88. The number of hydrogen-bond acceptors (Lipinski definition) is 5. The molecule has 9 nitrogen and oxygen atoms in total. The summed E-state index contributed by atoms with van der Waals surface area (Å²) in [5.41, 5.74) is 3.10. The summed E-state index contributed by atoms with van der Waals surface area (Å²) < 4.78 is 12.3. The molecule has 0 saturated carbocycles. The van der Waals surface area contributed by atoms with Gasteiger partial charge in [-0.15, -0.1) is 0 Å². The lowest BCUT2D eigenvalue weighted by Gasteiger charge is -2.23. The first-order chi connectivity index (χ1) is 17.5. The average molecular weight is 508 g/mol. The molecule has 2 aromatic carbocycles. The van der Waals surface area contributed by atoms with Crippen molar-refractivity contribution in [2.75, 3.05) is 37.9 Å². The lowest BCUT2D eigenvalue weighted by atomic mass is 9.92. The zero-order valence-corrected chi connectivity index (χ0v) is 22.7. The van der Waals surface area contributed by atoms with Crippen LogP contribution in [0.5, 0.6) is 11.5 Å². The van der Waals surface area contributed by atoms with Crippen molar-refractivity contribution in [3.63, 3.8) is 0 Å². The summed E-state index contributed by atoms with van der Waals surface area (Å²) >= 11 is 0. The fourth-order valence-electron chi connectivity index (χ4n) is 3.69. The molecule has 0 fully saturated rings. The minimum absolute atomic E-state index is 0.123. The van der Waals surface area contributed by atoms with Gasteiger partial charge in [-0.05, 0) is 37.6 Å². The summed E-state index contributed by atoms with van der Waals surface area (Å²) in [6.07, 6.45) is 0.690. The van der Waals surface area contributed by atoms with E-state index in [0.29, 0.717) is 36.0 Å². The summed E-state index contributed by atoms with van der Waals surface area (Å²) in [5, 5.41) is 10.6. The van der Waals surface area contributed by atoms with E-state index in [0.717, 1.165) is 16.9 Å². The molecule has 0 unspecified atom stereocenters. The van der Waals surface area contributed by atoms with E-state index in [1.807, 2.05) is 44.2 Å². The van der Waals surface area contributed by atoms with E-state index in [-0.39, 0.29) is 17.9 Å². The Bertz CT molecular complexity index is 1230. The standard InChI is InChI=1S/C28H37N5O4/c1-8-15-32(27(35)29-22-14-13-21(36-6)16-23(22)37-7)18-26(34)30-25-17-24(28(3,4)5)31-33(25)20-11-9-19(2)10-12-20/h9-14,16-17H,8,15,18H2,1-7H3,(H,29,35)(H,30,34). The molecule has 3 rings (SSSR count). The highest BCUT2D eigenvalue weighted by atomic mass is 16.5. The average Bonchev–Trinajstić information content (AvgIpc) is 3.28. The fourth-order valence-corrected chi connectivity index (χ4v) is 3.69. The molecule has 1 heterocycles. The van der Waals surface area contributed by atoms with E-state index in [1.54, 1.807) is 30.0 Å². The highest BCUT2D eigenvalue weighted by Gasteiger charge is 2.23. The van der Waals surface area contributed by atoms with Gasteiger partial charge < -0.3 is 25.0 Å². The molecule has 2 N–H and O–H groups in total. The van der Waals surface area contributed by atoms with Crippen LogP contribution < -0.4 is 20.1 Å². The lowest BCUT2D eigenvalue weighted by molar-refractivity contribution is -0.116. The van der Waals surface area contributed by atoms with E-state index >= 15 is 0 Å². The van der Waals surface area contributed by atoms with Gasteiger partial charge >= 0.3 is 6.03 Å². The second kappa shape index (κ2) is 11.8. The number of benzene rings is 2. The first-order valence-corrected chi connectivity index (χ1v) is 12.3. The summed E-state index contributed by atoms with van der Waals surface area (Å²) in [6, 6.07) is 14.5. The number of urea groups is 1. The number of aryl methyl sites for hydroxylation is 1. The summed E-state index contributed by atoms with van der Waals surface area (Å²) in [6.45, 7) is 10.5. The van der Waals surface area contributed by atoms with Gasteiger partial charge in [0.05, 0.1) is 31.3 Å². The number of nitrogens with zero attached hydrogens (tertiary/aromatic N) is 3. The summed E-state index contributed by atoms with van der Waals surface area (Å²) in [7, 11) is 3.08. The van der Waals surface area contributed by atoms with Crippen LogP contribution in [0.2, 0.25) is 0 Å². The minimum Gasteiger partial charge on any atom is -0.497 e. The largest absolute Gasteiger partial charge is 0.497 e. The van der Waals surface area contributed by atoms with E-state index in [9.17, 15) is 9.59 Å². The maximum atomic E-state index is 13.1. The molecule has 9 heteroatoms. The molecule has 0 aliphatic heterocycles. The number of amides is 3. The van der Waals surface area contributed by atoms with Crippen LogP contribution in [0.15, 0.2) is 48.5 Å². The highest BCUT2D eigenvalue weighted by molar-refractivity contribution is 5.97. The molecule has 0 aliphatic rings. The Balaban J connectivity index is 1.80. The van der Waals surface area contributed by atoms with Gasteiger partial charge in [-0.1, -0.05) is 45.4 Å². The Kier molecular flexibility index (Phi) is 8.81. The van der Waals surface area contributed by atoms with Crippen molar-refractivity contribution in [1.29, 1.82) is 0 Å². The summed E-state index contributed by atoms with van der Waals surface area (Å²) in [4.78, 5) is 27.7. The third-order valence-electron chi connectivity index (χ3n) is 5.79. The number of anilines is 2. The van der Waals surface area contributed by atoms with Crippen molar-refractivity contribution < 1.29 is 19.1 Å². The predicted molar refractivity (Wildman–Crippen MR) is 146 cm³/mol. The second-order valence-corrected chi connectivity index (χ2v) is 9.88. The maximum absolute atomic E-state index is 13.1. The van der Waals surface area contributed by atoms with Gasteiger partial charge in [0, 0.05) is 24.1 Å². The van der Waals surface area contributed by atoms with E-state index in [2.05, 4.69) is 31.4 Å². The Morgan fingerprint density at radius 3 is 2.30 bits per heavy atom. The highest BCUT2D eigenvalue weighted by Crippen LogP contribution is 2.29. The molecule has 0 atom stereocenters. The van der Waals surface area contributed by atoms with Crippen LogP contribution in [0.3, 0.4) is 0 Å². The molecule has 0 saturated heterocycles. The molecule has 37 heavy (non-hydrogen) atoms. The van der Waals surface area contributed by atoms with E-state index in [1.165, 1.54) is 12.0 Å². The Labute approximate surface area is 218 Å². The zero-order valence-electron chi connectivity index (χ0n) is 22.7. The zero-order chi connectivity index (χ0) is 27.2. The van der Waals surface area contributed by atoms with Gasteiger partial charge in [-0.2, -0.15) is 5.10 Å². The molecule has 198 valence electrons. The van der Waals surface area contributed by atoms with Crippen LogP contribution in [0.4, 0.5) is 16.3 Å². The van der Waals surface area contributed by atoms with Gasteiger partial charge in [-0.25, -0.2) is 9.48 Å². The SMILES string of the molecule is CCCN(CC(=O)Nc1cc(C(C)(C)C)nn1-c1ccc(C)cc1)C(=O)Nc1ccc(OC)cc1OC. The molecule has 3 amide bonds. The quantitative estimate of drug-likeness (QED) is 0.405. The number of nitrogens with one attached hydrogen (secondary N) is 2. The number of rotatable bonds is 9. The summed E-state index contributed by atoms with van der Waals surface area (Å²) in [5.74, 6) is 1.30. The normalized spacial score (nSPS) is 11.1. The molecule has 3 aromatic rings. The number of aromatic nitrogens is 2. The number of ether oxygens (including phenoxy) is 2. The molecule has 0 bridgehead atoms. The van der Waals surface area contributed by atoms with Gasteiger partial charge in [0.2, 0.25) is 5.91 Å². The van der Waals surface area contributed by atoms with Gasteiger partial charge in [0.25, 0.3) is 0 Å². The minimum atomic E-state index is -0.400. The Morgan fingerprint density at radius 1 is 1.00 bits per heavy atom. The van der Waals surface area contributed by atoms with Crippen LogP contribution in [-0.4, -0.2) is 53.9 Å². The third-order valence-corrected chi connectivity index (χ3v) is 5.79. The van der Waals surface area contributed by atoms with Gasteiger partial charge in [0.15, 0.2) is 0 Å². The van der Waals surface area contributed by atoms with Gasteiger partial charge in [-0.3, -0.25) is 4.79 Å². The Hall–Kier alpha value is -4.01. The third kappa shape index (κ3) is 7.03. The van der Waals surface area contributed by atoms with E-state index < -0.39 is 6.03 Å². The fraction of sp³-hybridized carbons (Fsp3) is 0.393. The van der Waals surface area contributed by atoms with Crippen molar-refractivity contribution in [1.82, 2.24) is 14.7 Å². The maximum Gasteiger partial charge on any atom is 0.322 e. The molecule has 1 aromatic heterocycles. The first kappa shape index (κ1) is 27.6.